The first kappa shape index (κ1) is 16.4. The Morgan fingerprint density at radius 3 is 1.28 bits per heavy atom. The van der Waals surface area contributed by atoms with Crippen molar-refractivity contribution in [2.45, 2.75) is 33.9 Å². The van der Waals surface area contributed by atoms with E-state index >= 15 is 0 Å². The standard InChI is InChI=1S/C13H19N2O2Si/c1-8(2)14(11(6)16)13(10(5)18)15(9(3)4)12(7)17/h13H,1,3,5H2,2,4,6-7H3. The minimum atomic E-state index is -0.660. The number of carbonyl (C=O) groups is 2. The molecule has 0 spiro atoms. The van der Waals surface area contributed by atoms with Crippen LogP contribution in [0.15, 0.2) is 36.3 Å². The van der Waals surface area contributed by atoms with Crippen LogP contribution in [0.5, 0.6) is 0 Å². The van der Waals surface area contributed by atoms with Crippen molar-refractivity contribution in [3.63, 3.8) is 0 Å². The Kier molecular flexibility index (Phi) is 5.78. The molecule has 0 aliphatic rings. The van der Waals surface area contributed by atoms with E-state index in [-0.39, 0.29) is 11.8 Å². The van der Waals surface area contributed by atoms with Crippen molar-refractivity contribution >= 4 is 22.1 Å². The molecule has 18 heavy (non-hydrogen) atoms. The van der Waals surface area contributed by atoms with Crippen molar-refractivity contribution in [3.05, 3.63) is 36.3 Å². The van der Waals surface area contributed by atoms with Crippen LogP contribution in [0.3, 0.4) is 0 Å². The van der Waals surface area contributed by atoms with Gasteiger partial charge in [-0.3, -0.25) is 19.4 Å². The van der Waals surface area contributed by atoms with E-state index < -0.39 is 6.17 Å². The van der Waals surface area contributed by atoms with Crippen LogP contribution >= 0.6 is 0 Å². The number of allylic oxidation sites excluding steroid dienone is 2. The van der Waals surface area contributed by atoms with E-state index in [2.05, 4.69) is 30.0 Å². The predicted molar refractivity (Wildman–Crippen MR) is 73.4 cm³/mol. The Morgan fingerprint density at radius 2 is 1.17 bits per heavy atom. The van der Waals surface area contributed by atoms with Crippen molar-refractivity contribution in [1.29, 1.82) is 0 Å². The van der Waals surface area contributed by atoms with E-state index in [1.807, 2.05) is 0 Å². The van der Waals surface area contributed by atoms with E-state index in [1.165, 1.54) is 23.6 Å². The Labute approximate surface area is 112 Å². The van der Waals surface area contributed by atoms with Crippen LogP contribution in [0.2, 0.25) is 0 Å². The highest BCUT2D eigenvalue weighted by Crippen LogP contribution is 2.20. The summed E-state index contributed by atoms with van der Waals surface area (Å²) >= 11 is 0. The van der Waals surface area contributed by atoms with E-state index in [4.69, 9.17) is 0 Å². The van der Waals surface area contributed by atoms with Gasteiger partial charge in [0.25, 0.3) is 0 Å². The van der Waals surface area contributed by atoms with Crippen LogP contribution < -0.4 is 0 Å². The van der Waals surface area contributed by atoms with Crippen molar-refractivity contribution in [2.75, 3.05) is 0 Å². The van der Waals surface area contributed by atoms with Crippen LogP contribution in [0.4, 0.5) is 0 Å². The molecule has 0 fully saturated rings. The lowest BCUT2D eigenvalue weighted by Gasteiger charge is -2.39. The number of carbonyl (C=O) groups excluding carboxylic acids is 2. The highest BCUT2D eigenvalue weighted by molar-refractivity contribution is 6.22. The summed E-state index contributed by atoms with van der Waals surface area (Å²) < 4.78 is 0. The Hall–Kier alpha value is -1.62. The number of amides is 2. The number of hydrogen-bond acceptors (Lipinski definition) is 2. The molecule has 0 atom stereocenters. The first-order valence-corrected chi connectivity index (χ1v) is 5.92. The Balaban J connectivity index is 5.73. The molecule has 5 heteroatoms. The minimum Gasteiger partial charge on any atom is -0.292 e. The molecule has 0 saturated carbocycles. The lowest BCUT2D eigenvalue weighted by molar-refractivity contribution is -0.136. The average Bonchev–Trinajstić information content (AvgIpc) is 2.13. The van der Waals surface area contributed by atoms with Gasteiger partial charge in [-0.05, 0) is 13.8 Å². The molecule has 3 radical (unpaired) electrons. The fraction of sp³-hybridized carbons (Fsp3) is 0.385. The number of hydrogen-bond donors (Lipinski definition) is 0. The molecule has 0 rings (SSSR count). The summed E-state index contributed by atoms with van der Waals surface area (Å²) in [7, 11) is 3.31. The van der Waals surface area contributed by atoms with Crippen molar-refractivity contribution < 1.29 is 9.59 Å². The van der Waals surface area contributed by atoms with Gasteiger partial charge < -0.3 is 0 Å². The second-order valence-corrected chi connectivity index (χ2v) is 4.79. The molecule has 0 heterocycles. The summed E-state index contributed by atoms with van der Waals surface area (Å²) in [5.74, 6) is -0.446. The minimum absolute atomic E-state index is 0.223. The molecule has 0 unspecified atom stereocenters. The lowest BCUT2D eigenvalue weighted by Crippen LogP contribution is -2.51. The second-order valence-electron chi connectivity index (χ2n) is 4.15. The Morgan fingerprint density at radius 1 is 0.889 bits per heavy atom. The molecule has 2 amide bonds. The quantitative estimate of drug-likeness (QED) is 0.560. The lowest BCUT2D eigenvalue weighted by atomic mass is 10.2. The van der Waals surface area contributed by atoms with Gasteiger partial charge in [0.15, 0.2) is 0 Å². The smallest absolute Gasteiger partial charge is 0.225 e. The molecule has 0 bridgehead atoms. The summed E-state index contributed by atoms with van der Waals surface area (Å²) in [6.45, 7) is 17.5. The molecular formula is C13H19N2O2Si. The van der Waals surface area contributed by atoms with Gasteiger partial charge in [0.1, 0.15) is 6.17 Å². The first-order valence-electron chi connectivity index (χ1n) is 5.42. The third-order valence-corrected chi connectivity index (χ3v) is 2.56. The largest absolute Gasteiger partial charge is 0.292 e. The van der Waals surface area contributed by atoms with E-state index in [0.717, 1.165) is 0 Å². The molecule has 0 N–H and O–H groups in total. The summed E-state index contributed by atoms with van der Waals surface area (Å²) in [4.78, 5) is 26.2. The fourth-order valence-electron chi connectivity index (χ4n) is 1.73. The van der Waals surface area contributed by atoms with Crippen molar-refractivity contribution in [3.8, 4) is 0 Å². The van der Waals surface area contributed by atoms with E-state index in [9.17, 15) is 9.59 Å². The zero-order valence-electron chi connectivity index (χ0n) is 11.4. The van der Waals surface area contributed by atoms with Gasteiger partial charge in [0.2, 0.25) is 11.8 Å². The molecule has 0 aliphatic carbocycles. The zero-order chi connectivity index (χ0) is 14.6. The summed E-state index contributed by atoms with van der Waals surface area (Å²) in [6, 6.07) is 0. The topological polar surface area (TPSA) is 40.6 Å². The fourth-order valence-corrected chi connectivity index (χ4v) is 1.98. The third kappa shape index (κ3) is 3.70. The summed E-state index contributed by atoms with van der Waals surface area (Å²) in [6.07, 6.45) is -0.660. The van der Waals surface area contributed by atoms with Crippen LogP contribution in [0, 0.1) is 0 Å². The van der Waals surface area contributed by atoms with E-state index in [1.54, 1.807) is 13.8 Å². The highest BCUT2D eigenvalue weighted by atomic mass is 28.1. The van der Waals surface area contributed by atoms with E-state index in [0.29, 0.717) is 16.6 Å². The van der Waals surface area contributed by atoms with Crippen LogP contribution in [0.25, 0.3) is 0 Å². The third-order valence-electron chi connectivity index (χ3n) is 2.30. The Bertz CT molecular complexity index is 355. The van der Waals surface area contributed by atoms with Gasteiger partial charge in [0.05, 0.1) is 10.2 Å². The number of nitrogens with zero attached hydrogens (tertiary/aromatic N) is 2. The molecule has 4 nitrogen and oxygen atoms in total. The van der Waals surface area contributed by atoms with Gasteiger partial charge in [-0.15, -0.1) is 6.58 Å². The number of rotatable bonds is 5. The molecule has 0 aliphatic heterocycles. The maximum Gasteiger partial charge on any atom is 0.225 e. The normalized spacial score (nSPS) is 9.89. The van der Waals surface area contributed by atoms with Gasteiger partial charge in [-0.25, -0.2) is 0 Å². The van der Waals surface area contributed by atoms with Gasteiger partial charge in [-0.1, -0.05) is 18.4 Å². The maximum absolute atomic E-state index is 11.7. The van der Waals surface area contributed by atoms with Crippen molar-refractivity contribution in [2.24, 2.45) is 0 Å². The molecule has 0 aromatic rings. The van der Waals surface area contributed by atoms with Gasteiger partial charge in [0, 0.05) is 25.2 Å². The molecule has 0 aromatic heterocycles. The van der Waals surface area contributed by atoms with Gasteiger partial charge in [-0.2, -0.15) is 0 Å². The second kappa shape index (κ2) is 6.35. The molecule has 97 valence electrons. The maximum atomic E-state index is 11.7. The predicted octanol–water partition coefficient (Wildman–Crippen LogP) is 1.76. The zero-order valence-corrected chi connectivity index (χ0v) is 12.4. The molecular weight excluding hydrogens is 244 g/mol. The first-order chi connectivity index (χ1) is 8.11. The van der Waals surface area contributed by atoms with Gasteiger partial charge >= 0.3 is 0 Å². The van der Waals surface area contributed by atoms with Crippen LogP contribution in [-0.4, -0.2) is 38.0 Å². The highest BCUT2D eigenvalue weighted by Gasteiger charge is 2.30. The van der Waals surface area contributed by atoms with Crippen molar-refractivity contribution in [1.82, 2.24) is 9.80 Å². The monoisotopic (exact) mass is 263 g/mol. The summed E-state index contributed by atoms with van der Waals surface area (Å²) in [5, 5.41) is 0.478. The van der Waals surface area contributed by atoms with Crippen LogP contribution in [0.1, 0.15) is 27.7 Å². The average molecular weight is 263 g/mol. The summed E-state index contributed by atoms with van der Waals surface area (Å²) in [5.41, 5.74) is 1.05. The van der Waals surface area contributed by atoms with Crippen LogP contribution in [-0.2, 0) is 9.59 Å². The molecule has 0 aromatic carbocycles. The SMILES string of the molecule is C=C([Si])C(N(C(=C)C)C(C)=O)N(C(=C)C)C(C)=O. The molecule has 0 saturated heterocycles.